The van der Waals surface area contributed by atoms with Crippen LogP contribution in [0.3, 0.4) is 0 Å². The van der Waals surface area contributed by atoms with Gasteiger partial charge in [0.05, 0.1) is 6.42 Å². The molecule has 0 spiro atoms. The van der Waals surface area contributed by atoms with Crippen LogP contribution in [0.2, 0.25) is 0 Å². The molecule has 0 saturated heterocycles. The van der Waals surface area contributed by atoms with Gasteiger partial charge < -0.3 is 10.6 Å². The van der Waals surface area contributed by atoms with Crippen molar-refractivity contribution in [3.8, 4) is 0 Å². The second-order valence-electron chi connectivity index (χ2n) is 3.98. The number of aryl methyl sites for hydroxylation is 1. The largest absolute Gasteiger partial charge is 0.330 e. The Hall–Kier alpha value is -1.35. The molecule has 1 aromatic rings. The van der Waals surface area contributed by atoms with Crippen LogP contribution >= 0.6 is 0 Å². The number of anilines is 1. The van der Waals surface area contributed by atoms with Gasteiger partial charge in [-0.25, -0.2) is 0 Å². The fraction of sp³-hybridized carbons (Fsp3) is 0.417. The lowest BCUT2D eigenvalue weighted by Crippen LogP contribution is -2.20. The number of rotatable bonds is 3. The number of nitrogens with two attached hydrogens (primary N) is 1. The number of fused-ring (bicyclic) bond motifs is 1. The molecule has 0 radical (unpaired) electrons. The molecule has 0 bridgehead atoms. The quantitative estimate of drug-likeness (QED) is 0.801. The molecular formula is C12H16N2O. The molecule has 0 atom stereocenters. The van der Waals surface area contributed by atoms with Gasteiger partial charge >= 0.3 is 0 Å². The minimum absolute atomic E-state index is 0.181. The van der Waals surface area contributed by atoms with E-state index in [9.17, 15) is 4.79 Å². The number of amides is 1. The van der Waals surface area contributed by atoms with Gasteiger partial charge in [0.25, 0.3) is 0 Å². The normalized spacial score (nSPS) is 14.5. The first-order valence-electron chi connectivity index (χ1n) is 5.31. The topological polar surface area (TPSA) is 46.3 Å². The van der Waals surface area contributed by atoms with Gasteiger partial charge in [0.15, 0.2) is 0 Å². The maximum Gasteiger partial charge on any atom is 0.231 e. The summed E-state index contributed by atoms with van der Waals surface area (Å²) in [5.41, 5.74) is 8.94. The van der Waals surface area contributed by atoms with Gasteiger partial charge in [-0.15, -0.1) is 0 Å². The molecule has 0 fully saturated rings. The number of carbonyl (C=O) groups excluding carboxylic acids is 1. The molecule has 1 aliphatic heterocycles. The lowest BCUT2D eigenvalue weighted by Gasteiger charge is -2.11. The summed E-state index contributed by atoms with van der Waals surface area (Å²) in [5, 5.41) is 0. The van der Waals surface area contributed by atoms with Crippen LogP contribution in [0.4, 0.5) is 5.69 Å². The Balaban J connectivity index is 2.23. The van der Waals surface area contributed by atoms with Crippen LogP contribution in [0.1, 0.15) is 17.5 Å². The first-order valence-corrected chi connectivity index (χ1v) is 5.31. The second-order valence-corrected chi connectivity index (χ2v) is 3.98. The molecule has 1 heterocycles. The summed E-state index contributed by atoms with van der Waals surface area (Å²) in [6.45, 7) is 0.714. The van der Waals surface area contributed by atoms with Gasteiger partial charge in [0, 0.05) is 12.7 Å². The second kappa shape index (κ2) is 4.03. The minimum Gasteiger partial charge on any atom is -0.330 e. The third-order valence-electron chi connectivity index (χ3n) is 2.90. The fourth-order valence-corrected chi connectivity index (χ4v) is 1.95. The van der Waals surface area contributed by atoms with E-state index in [2.05, 4.69) is 18.2 Å². The van der Waals surface area contributed by atoms with Crippen molar-refractivity contribution in [2.24, 2.45) is 5.73 Å². The van der Waals surface area contributed by atoms with Gasteiger partial charge in [0.1, 0.15) is 0 Å². The van der Waals surface area contributed by atoms with Crippen molar-refractivity contribution in [3.05, 3.63) is 29.3 Å². The molecule has 1 aromatic carbocycles. The van der Waals surface area contributed by atoms with Crippen LogP contribution in [0.15, 0.2) is 18.2 Å². The average Bonchev–Trinajstić information content (AvgIpc) is 2.52. The zero-order valence-electron chi connectivity index (χ0n) is 8.99. The molecule has 0 aliphatic carbocycles. The highest BCUT2D eigenvalue weighted by atomic mass is 16.2. The van der Waals surface area contributed by atoms with E-state index in [1.165, 1.54) is 5.56 Å². The zero-order chi connectivity index (χ0) is 10.8. The first-order chi connectivity index (χ1) is 7.22. The van der Waals surface area contributed by atoms with Crippen LogP contribution in [0.25, 0.3) is 0 Å². The van der Waals surface area contributed by atoms with Crippen molar-refractivity contribution in [1.29, 1.82) is 0 Å². The van der Waals surface area contributed by atoms with Gasteiger partial charge in [-0.05, 0) is 36.6 Å². The average molecular weight is 204 g/mol. The van der Waals surface area contributed by atoms with Crippen molar-refractivity contribution < 1.29 is 4.79 Å². The van der Waals surface area contributed by atoms with Crippen molar-refractivity contribution >= 4 is 11.6 Å². The van der Waals surface area contributed by atoms with E-state index in [1.807, 2.05) is 7.05 Å². The van der Waals surface area contributed by atoms with E-state index < -0.39 is 0 Å². The Labute approximate surface area is 89.9 Å². The minimum atomic E-state index is 0.181. The molecule has 15 heavy (non-hydrogen) atoms. The lowest BCUT2D eigenvalue weighted by atomic mass is 10.1. The summed E-state index contributed by atoms with van der Waals surface area (Å²) >= 11 is 0. The maximum atomic E-state index is 11.5. The molecule has 3 nitrogen and oxygen atoms in total. The van der Waals surface area contributed by atoms with E-state index >= 15 is 0 Å². The van der Waals surface area contributed by atoms with E-state index in [4.69, 9.17) is 5.73 Å². The lowest BCUT2D eigenvalue weighted by molar-refractivity contribution is -0.117. The number of hydrogen-bond donors (Lipinski definition) is 1. The van der Waals surface area contributed by atoms with Crippen LogP contribution < -0.4 is 10.6 Å². The summed E-state index contributed by atoms with van der Waals surface area (Å²) in [4.78, 5) is 13.2. The fourth-order valence-electron chi connectivity index (χ4n) is 1.95. The summed E-state index contributed by atoms with van der Waals surface area (Å²) in [6.07, 6.45) is 2.53. The van der Waals surface area contributed by atoms with E-state index in [0.717, 1.165) is 24.1 Å². The molecule has 3 heteroatoms. The monoisotopic (exact) mass is 204 g/mol. The summed E-state index contributed by atoms with van der Waals surface area (Å²) < 4.78 is 0. The smallest absolute Gasteiger partial charge is 0.231 e. The highest BCUT2D eigenvalue weighted by molar-refractivity contribution is 6.00. The highest BCUT2D eigenvalue weighted by Crippen LogP contribution is 2.28. The van der Waals surface area contributed by atoms with Crippen molar-refractivity contribution in [2.45, 2.75) is 19.3 Å². The van der Waals surface area contributed by atoms with Gasteiger partial charge in [0.2, 0.25) is 5.91 Å². The number of likely N-dealkylation sites (N-methyl/N-ethyl adjacent to an activating group) is 1. The molecule has 0 aromatic heterocycles. The third kappa shape index (κ3) is 1.88. The van der Waals surface area contributed by atoms with E-state index in [-0.39, 0.29) is 5.91 Å². The molecule has 0 saturated carbocycles. The summed E-state index contributed by atoms with van der Waals surface area (Å²) in [6, 6.07) is 6.26. The number of hydrogen-bond acceptors (Lipinski definition) is 2. The molecule has 2 rings (SSSR count). The molecule has 2 N–H and O–H groups in total. The molecule has 1 aliphatic rings. The van der Waals surface area contributed by atoms with Gasteiger partial charge in [-0.3, -0.25) is 4.79 Å². The molecule has 80 valence electrons. The Morgan fingerprint density at radius 2 is 2.27 bits per heavy atom. The van der Waals surface area contributed by atoms with Crippen LogP contribution in [0, 0.1) is 0 Å². The Morgan fingerprint density at radius 3 is 3.00 bits per heavy atom. The third-order valence-corrected chi connectivity index (χ3v) is 2.90. The van der Waals surface area contributed by atoms with E-state index in [0.29, 0.717) is 13.0 Å². The van der Waals surface area contributed by atoms with Gasteiger partial charge in [-0.1, -0.05) is 12.1 Å². The molecule has 1 amide bonds. The first kappa shape index (κ1) is 10.2. The number of benzene rings is 1. The highest BCUT2D eigenvalue weighted by Gasteiger charge is 2.23. The number of carbonyl (C=O) groups is 1. The van der Waals surface area contributed by atoms with Crippen molar-refractivity contribution in [1.82, 2.24) is 0 Å². The van der Waals surface area contributed by atoms with Crippen LogP contribution in [-0.4, -0.2) is 19.5 Å². The zero-order valence-corrected chi connectivity index (χ0v) is 8.99. The summed E-state index contributed by atoms with van der Waals surface area (Å²) in [5.74, 6) is 0.181. The van der Waals surface area contributed by atoms with Crippen LogP contribution in [-0.2, 0) is 17.6 Å². The maximum absolute atomic E-state index is 11.5. The SMILES string of the molecule is CN1C(=O)Cc2ccc(CCCN)cc21. The van der Waals surface area contributed by atoms with Crippen molar-refractivity contribution in [3.63, 3.8) is 0 Å². The van der Waals surface area contributed by atoms with Crippen LogP contribution in [0.5, 0.6) is 0 Å². The molecular weight excluding hydrogens is 188 g/mol. The predicted molar refractivity (Wildman–Crippen MR) is 60.9 cm³/mol. The predicted octanol–water partition coefficient (Wildman–Crippen LogP) is 1.10. The number of nitrogens with zero attached hydrogens (tertiary/aromatic N) is 1. The van der Waals surface area contributed by atoms with Crippen molar-refractivity contribution in [2.75, 3.05) is 18.5 Å². The van der Waals surface area contributed by atoms with Gasteiger partial charge in [-0.2, -0.15) is 0 Å². The standard InChI is InChI=1S/C12H16N2O/c1-14-11-7-9(3-2-6-13)4-5-10(11)8-12(14)15/h4-5,7H,2-3,6,8,13H2,1H3. The summed E-state index contributed by atoms with van der Waals surface area (Å²) in [7, 11) is 1.83. The Kier molecular flexibility index (Phi) is 2.73. The molecule has 0 unspecified atom stereocenters. The van der Waals surface area contributed by atoms with E-state index in [1.54, 1.807) is 4.90 Å². The Morgan fingerprint density at radius 1 is 1.47 bits per heavy atom. The Bertz CT molecular complexity index is 387.